The lowest BCUT2D eigenvalue weighted by Gasteiger charge is -2.54. The maximum absolute atomic E-state index is 14.0. The van der Waals surface area contributed by atoms with E-state index in [1.807, 2.05) is 12.1 Å². The van der Waals surface area contributed by atoms with Gasteiger partial charge in [-0.25, -0.2) is 0 Å². The smallest absolute Gasteiger partial charge is 0.230 e. The molecule has 12 nitrogen and oxygen atoms in total. The minimum atomic E-state index is -2.69. The lowest BCUT2D eigenvalue weighted by molar-refractivity contribution is -0.190. The molecule has 43 heavy (non-hydrogen) atoms. The van der Waals surface area contributed by atoms with Gasteiger partial charge in [0.15, 0.2) is 23.0 Å². The summed E-state index contributed by atoms with van der Waals surface area (Å²) in [5, 5.41) is 33.6. The molecule has 6 rings (SSSR count). The van der Waals surface area contributed by atoms with Crippen molar-refractivity contribution in [1.29, 1.82) is 0 Å². The number of furan rings is 1. The number of carbonyl (C=O) groups is 4. The Kier molecular flexibility index (Phi) is 7.33. The molecule has 2 heterocycles. The number of fused-ring (bicyclic) bond motifs is 3. The van der Waals surface area contributed by atoms with Gasteiger partial charge in [-0.15, -0.1) is 0 Å². The average Bonchev–Trinajstić information content (AvgIpc) is 3.40. The van der Waals surface area contributed by atoms with Crippen LogP contribution in [0, 0.1) is 23.7 Å². The molecule has 230 valence electrons. The molecule has 3 fully saturated rings. The topological polar surface area (TPSA) is 178 Å². The highest BCUT2D eigenvalue weighted by Crippen LogP contribution is 2.52. The highest BCUT2D eigenvalue weighted by atomic mass is 16.3. The number of amides is 1. The van der Waals surface area contributed by atoms with Crippen LogP contribution >= 0.6 is 0 Å². The van der Waals surface area contributed by atoms with E-state index in [0.717, 1.165) is 31.9 Å². The van der Waals surface area contributed by atoms with Crippen LogP contribution in [0.4, 0.5) is 0 Å². The molecule has 1 aromatic heterocycles. The maximum atomic E-state index is 14.0. The molecular weight excluding hydrogens is 556 g/mol. The molecule has 2 aromatic rings. The molecule has 2 saturated carbocycles. The van der Waals surface area contributed by atoms with E-state index in [1.165, 1.54) is 6.07 Å². The molecule has 1 amide bonds. The SMILES string of the molecule is CN1CCN(Cc2ccc(-c3ccc(O)c4c3C[C@@H]3C[C@@H]5C(N(C)C)C(O)C(C(N)=O)C(=O)[C@]5(O)C(=O)C3C4=O)o2)CC1. The van der Waals surface area contributed by atoms with E-state index < -0.39 is 64.7 Å². The number of nitrogens with two attached hydrogens (primary N) is 1. The third-order valence-corrected chi connectivity index (χ3v) is 10.1. The second kappa shape index (κ2) is 10.6. The number of Topliss-reactive ketones (excluding diaryl/α,β-unsaturated/α-hetero) is 3. The number of piperazine rings is 1. The number of carbonyl (C=O) groups excluding carboxylic acids is 4. The van der Waals surface area contributed by atoms with Gasteiger partial charge in [-0.1, -0.05) is 0 Å². The summed E-state index contributed by atoms with van der Waals surface area (Å²) < 4.78 is 6.23. The lowest BCUT2D eigenvalue weighted by Crippen LogP contribution is -2.75. The van der Waals surface area contributed by atoms with E-state index in [2.05, 4.69) is 16.8 Å². The largest absolute Gasteiger partial charge is 0.507 e. The van der Waals surface area contributed by atoms with Crippen molar-refractivity contribution < 1.29 is 38.9 Å². The number of phenols is 1. The number of ketones is 3. The van der Waals surface area contributed by atoms with Gasteiger partial charge in [0, 0.05) is 43.7 Å². The van der Waals surface area contributed by atoms with Gasteiger partial charge in [-0.05, 0) is 69.7 Å². The van der Waals surface area contributed by atoms with Gasteiger partial charge in [0.1, 0.15) is 23.2 Å². The van der Waals surface area contributed by atoms with Crippen LogP contribution in [0.25, 0.3) is 11.3 Å². The number of rotatable bonds is 5. The van der Waals surface area contributed by atoms with E-state index in [-0.39, 0.29) is 24.2 Å². The van der Waals surface area contributed by atoms with Crippen LogP contribution in [-0.4, -0.2) is 118 Å². The van der Waals surface area contributed by atoms with Crippen LogP contribution in [0.2, 0.25) is 0 Å². The molecule has 4 unspecified atom stereocenters. The van der Waals surface area contributed by atoms with E-state index in [9.17, 15) is 34.5 Å². The van der Waals surface area contributed by atoms with E-state index >= 15 is 0 Å². The van der Waals surface area contributed by atoms with Gasteiger partial charge < -0.3 is 35.3 Å². The monoisotopic (exact) mass is 594 g/mol. The summed E-state index contributed by atoms with van der Waals surface area (Å²) in [6, 6.07) is 5.85. The molecule has 1 aromatic carbocycles. The quantitative estimate of drug-likeness (QED) is 0.333. The molecule has 7 atom stereocenters. The van der Waals surface area contributed by atoms with Crippen LogP contribution < -0.4 is 5.73 Å². The second-order valence-electron chi connectivity index (χ2n) is 12.8. The van der Waals surface area contributed by atoms with Gasteiger partial charge in [-0.3, -0.25) is 24.1 Å². The molecule has 5 N–H and O–H groups in total. The van der Waals surface area contributed by atoms with Crippen LogP contribution in [0.3, 0.4) is 0 Å². The Labute approximate surface area is 249 Å². The van der Waals surface area contributed by atoms with Crippen molar-refractivity contribution in [2.75, 3.05) is 47.3 Å². The number of likely N-dealkylation sites (N-methyl/N-ethyl adjacent to an activating group) is 2. The molecule has 0 bridgehead atoms. The molecule has 1 aliphatic heterocycles. The Hall–Kier alpha value is -3.42. The fraction of sp³-hybridized carbons (Fsp3) is 0.548. The first-order chi connectivity index (χ1) is 20.3. The minimum absolute atomic E-state index is 0.0370. The lowest BCUT2D eigenvalue weighted by atomic mass is 9.52. The standard InChI is InChI=1S/C31H38N4O8/c1-33(2)25-19-13-15-12-18-17(21-7-4-16(43-21)14-35-10-8-34(3)9-11-35)5-6-20(36)23(18)26(37)22(15)28(39)31(19,42)29(40)24(27(25)38)30(32)41/h4-7,15,19,22,24-25,27,36,38,42H,8-14H2,1-3H3,(H2,32,41)/t15-,19-,22?,24?,25?,27?,31-/m1/s1. The van der Waals surface area contributed by atoms with Crippen molar-refractivity contribution in [2.45, 2.75) is 37.1 Å². The Bertz CT molecular complexity index is 1490. The van der Waals surface area contributed by atoms with E-state index in [0.29, 0.717) is 23.4 Å². The fourth-order valence-electron chi connectivity index (χ4n) is 7.89. The van der Waals surface area contributed by atoms with Crippen molar-refractivity contribution >= 4 is 23.3 Å². The van der Waals surface area contributed by atoms with E-state index in [1.54, 1.807) is 25.1 Å². The normalized spacial score (nSPS) is 33.3. The molecule has 0 radical (unpaired) electrons. The Morgan fingerprint density at radius 3 is 2.44 bits per heavy atom. The molecular formula is C31H38N4O8. The van der Waals surface area contributed by atoms with Crippen molar-refractivity contribution in [2.24, 2.45) is 29.4 Å². The molecule has 0 spiro atoms. The number of aliphatic hydroxyl groups is 2. The average molecular weight is 595 g/mol. The van der Waals surface area contributed by atoms with Crippen LogP contribution in [0.5, 0.6) is 5.75 Å². The first-order valence-corrected chi connectivity index (χ1v) is 14.7. The third kappa shape index (κ3) is 4.54. The number of benzene rings is 1. The molecule has 12 heteroatoms. The summed E-state index contributed by atoms with van der Waals surface area (Å²) in [6.45, 7) is 4.43. The number of hydrogen-bond donors (Lipinski definition) is 4. The summed E-state index contributed by atoms with van der Waals surface area (Å²) in [4.78, 5) is 59.8. The highest BCUT2D eigenvalue weighted by Gasteiger charge is 2.69. The molecule has 3 aliphatic carbocycles. The van der Waals surface area contributed by atoms with Gasteiger partial charge >= 0.3 is 0 Å². The molecule has 4 aliphatic rings. The number of phenolic OH excluding ortho intramolecular Hbond substituents is 1. The van der Waals surface area contributed by atoms with Gasteiger partial charge in [0.05, 0.1) is 24.1 Å². The summed E-state index contributed by atoms with van der Waals surface area (Å²) in [6.07, 6.45) is -1.29. The van der Waals surface area contributed by atoms with Crippen molar-refractivity contribution in [3.05, 3.63) is 41.2 Å². The number of primary amides is 1. The summed E-state index contributed by atoms with van der Waals surface area (Å²) in [5.74, 6) is -7.96. The van der Waals surface area contributed by atoms with Gasteiger partial charge in [-0.2, -0.15) is 0 Å². The summed E-state index contributed by atoms with van der Waals surface area (Å²) in [5.41, 5.74) is 3.87. The third-order valence-electron chi connectivity index (χ3n) is 10.1. The van der Waals surface area contributed by atoms with Crippen molar-refractivity contribution in [3.63, 3.8) is 0 Å². The number of nitrogens with zero attached hydrogens (tertiary/aromatic N) is 3. The maximum Gasteiger partial charge on any atom is 0.230 e. The zero-order valence-corrected chi connectivity index (χ0v) is 24.5. The predicted molar refractivity (Wildman–Crippen MR) is 153 cm³/mol. The predicted octanol–water partition coefficient (Wildman–Crippen LogP) is -0.334. The molecule has 1 saturated heterocycles. The second-order valence-corrected chi connectivity index (χ2v) is 12.8. The first-order valence-electron chi connectivity index (χ1n) is 14.7. The fourth-order valence-corrected chi connectivity index (χ4v) is 7.89. The van der Waals surface area contributed by atoms with Crippen LogP contribution in [0.1, 0.15) is 28.1 Å². The number of aromatic hydroxyl groups is 1. The zero-order valence-electron chi connectivity index (χ0n) is 24.5. The van der Waals surface area contributed by atoms with Crippen molar-refractivity contribution in [3.8, 4) is 17.1 Å². The highest BCUT2D eigenvalue weighted by molar-refractivity contribution is 6.25. The van der Waals surface area contributed by atoms with Crippen LogP contribution in [0.15, 0.2) is 28.7 Å². The Balaban J connectivity index is 1.36. The Morgan fingerprint density at radius 1 is 1.09 bits per heavy atom. The van der Waals surface area contributed by atoms with E-state index in [4.69, 9.17) is 10.2 Å². The zero-order chi connectivity index (χ0) is 31.0. The van der Waals surface area contributed by atoms with Gasteiger partial charge in [0.2, 0.25) is 5.91 Å². The number of aliphatic hydroxyl groups excluding tert-OH is 1. The first kappa shape index (κ1) is 29.6. The van der Waals surface area contributed by atoms with Crippen LogP contribution in [-0.2, 0) is 27.3 Å². The summed E-state index contributed by atoms with van der Waals surface area (Å²) >= 11 is 0. The van der Waals surface area contributed by atoms with Crippen molar-refractivity contribution in [1.82, 2.24) is 14.7 Å². The summed E-state index contributed by atoms with van der Waals surface area (Å²) in [7, 11) is 5.33. The van der Waals surface area contributed by atoms with Gasteiger partial charge in [0.25, 0.3) is 0 Å². The Morgan fingerprint density at radius 2 is 1.79 bits per heavy atom. The number of hydrogen-bond acceptors (Lipinski definition) is 11. The minimum Gasteiger partial charge on any atom is -0.507 e.